The Balaban J connectivity index is 2.27. The Labute approximate surface area is 109 Å². The average molecular weight is 300 g/mol. The first-order valence-corrected chi connectivity index (χ1v) is 6.68. The van der Waals surface area contributed by atoms with Crippen molar-refractivity contribution in [1.29, 1.82) is 0 Å². The molecule has 1 saturated heterocycles. The van der Waals surface area contributed by atoms with E-state index in [2.05, 4.69) is 22.9 Å². The van der Waals surface area contributed by atoms with E-state index in [0.29, 0.717) is 16.1 Å². The van der Waals surface area contributed by atoms with Gasteiger partial charge in [-0.05, 0) is 53.4 Å². The second kappa shape index (κ2) is 5.17. The number of likely N-dealkylation sites (tertiary alicyclic amines) is 1. The molecule has 1 aromatic carbocycles. The molecule has 1 atom stereocenters. The van der Waals surface area contributed by atoms with Crippen LogP contribution >= 0.6 is 15.9 Å². The van der Waals surface area contributed by atoms with Gasteiger partial charge in [0.05, 0.1) is 5.56 Å². The molecule has 1 aliphatic rings. The van der Waals surface area contributed by atoms with Gasteiger partial charge in [0.2, 0.25) is 0 Å². The Hall–Kier alpha value is -0.900. The van der Waals surface area contributed by atoms with Crippen molar-refractivity contribution in [3.05, 3.63) is 34.1 Å². The van der Waals surface area contributed by atoms with E-state index in [9.17, 15) is 9.18 Å². The zero-order valence-corrected chi connectivity index (χ0v) is 11.3. The largest absolute Gasteiger partial charge is 0.336 e. The standard InChI is InChI=1S/C13H15BrFNO/c1-2-10-4-3-7-16(10)13(17)11-8-9(15)5-6-12(11)14/h5-6,8,10H,2-4,7H2,1H3. The molecule has 1 fully saturated rings. The fourth-order valence-electron chi connectivity index (χ4n) is 2.34. The maximum absolute atomic E-state index is 13.2. The molecule has 0 N–H and O–H groups in total. The Bertz CT molecular complexity index is 435. The first-order chi connectivity index (χ1) is 8.13. The third-order valence-corrected chi connectivity index (χ3v) is 3.96. The third-order valence-electron chi connectivity index (χ3n) is 3.27. The molecule has 2 rings (SSSR count). The average Bonchev–Trinajstić information content (AvgIpc) is 2.79. The molecule has 1 amide bonds. The minimum absolute atomic E-state index is 0.0688. The lowest BCUT2D eigenvalue weighted by atomic mass is 10.1. The second-order valence-electron chi connectivity index (χ2n) is 4.33. The summed E-state index contributed by atoms with van der Waals surface area (Å²) in [6.07, 6.45) is 3.05. The highest BCUT2D eigenvalue weighted by atomic mass is 79.9. The van der Waals surface area contributed by atoms with Gasteiger partial charge in [-0.1, -0.05) is 6.92 Å². The molecule has 0 spiro atoms. The van der Waals surface area contributed by atoms with Gasteiger partial charge in [-0.2, -0.15) is 0 Å². The van der Waals surface area contributed by atoms with E-state index in [1.807, 2.05) is 4.90 Å². The van der Waals surface area contributed by atoms with Crippen LogP contribution in [0.1, 0.15) is 36.5 Å². The summed E-state index contributed by atoms with van der Waals surface area (Å²) in [5.41, 5.74) is 0.422. The maximum atomic E-state index is 13.2. The summed E-state index contributed by atoms with van der Waals surface area (Å²) in [4.78, 5) is 14.2. The molecule has 0 radical (unpaired) electrons. The normalized spacial score (nSPS) is 19.7. The van der Waals surface area contributed by atoms with Gasteiger partial charge >= 0.3 is 0 Å². The molecule has 92 valence electrons. The molecular formula is C13H15BrFNO. The van der Waals surface area contributed by atoms with Gasteiger partial charge in [0.15, 0.2) is 0 Å². The van der Waals surface area contributed by atoms with Crippen LogP contribution in [0.4, 0.5) is 4.39 Å². The lowest BCUT2D eigenvalue weighted by Gasteiger charge is -2.24. The minimum Gasteiger partial charge on any atom is -0.336 e. The van der Waals surface area contributed by atoms with Gasteiger partial charge < -0.3 is 4.90 Å². The second-order valence-corrected chi connectivity index (χ2v) is 5.18. The molecule has 1 aromatic rings. The summed E-state index contributed by atoms with van der Waals surface area (Å²) in [6, 6.07) is 4.54. The fraction of sp³-hybridized carbons (Fsp3) is 0.462. The van der Waals surface area contributed by atoms with Crippen LogP contribution in [0, 0.1) is 5.82 Å². The van der Waals surface area contributed by atoms with Gasteiger partial charge in [0.1, 0.15) is 5.82 Å². The first kappa shape index (κ1) is 12.6. The molecule has 0 bridgehead atoms. The number of amides is 1. The molecule has 4 heteroatoms. The minimum atomic E-state index is -0.371. The van der Waals surface area contributed by atoms with Crippen LogP contribution in [0.3, 0.4) is 0 Å². The molecule has 0 saturated carbocycles. The number of nitrogens with zero attached hydrogens (tertiary/aromatic N) is 1. The van der Waals surface area contributed by atoms with Gasteiger partial charge in [-0.3, -0.25) is 4.79 Å². The highest BCUT2D eigenvalue weighted by molar-refractivity contribution is 9.10. The summed E-state index contributed by atoms with van der Waals surface area (Å²) >= 11 is 3.31. The van der Waals surface area contributed by atoms with Crippen LogP contribution in [0.15, 0.2) is 22.7 Å². The Kier molecular flexibility index (Phi) is 3.82. The van der Waals surface area contributed by atoms with Crippen molar-refractivity contribution in [2.45, 2.75) is 32.2 Å². The van der Waals surface area contributed by atoms with Crippen molar-refractivity contribution in [2.24, 2.45) is 0 Å². The zero-order valence-electron chi connectivity index (χ0n) is 9.75. The molecule has 1 unspecified atom stereocenters. The van der Waals surface area contributed by atoms with Crippen LogP contribution in [-0.4, -0.2) is 23.4 Å². The number of hydrogen-bond donors (Lipinski definition) is 0. The third kappa shape index (κ3) is 2.51. The number of hydrogen-bond acceptors (Lipinski definition) is 1. The van der Waals surface area contributed by atoms with Crippen molar-refractivity contribution >= 4 is 21.8 Å². The Morgan fingerprint density at radius 2 is 2.35 bits per heavy atom. The van der Waals surface area contributed by atoms with Crippen LogP contribution in [0.5, 0.6) is 0 Å². The van der Waals surface area contributed by atoms with E-state index in [1.165, 1.54) is 12.1 Å². The van der Waals surface area contributed by atoms with Gasteiger partial charge in [-0.15, -0.1) is 0 Å². The van der Waals surface area contributed by atoms with E-state index < -0.39 is 0 Å². The summed E-state index contributed by atoms with van der Waals surface area (Å²) < 4.78 is 13.8. The summed E-state index contributed by atoms with van der Waals surface area (Å²) in [5, 5.41) is 0. The SMILES string of the molecule is CCC1CCCN1C(=O)c1cc(F)ccc1Br. The van der Waals surface area contributed by atoms with E-state index in [-0.39, 0.29) is 11.7 Å². The van der Waals surface area contributed by atoms with Crippen LogP contribution in [0.2, 0.25) is 0 Å². The smallest absolute Gasteiger partial charge is 0.255 e. The van der Waals surface area contributed by atoms with Crippen LogP contribution < -0.4 is 0 Å². The Morgan fingerprint density at radius 1 is 1.59 bits per heavy atom. The van der Waals surface area contributed by atoms with E-state index in [4.69, 9.17) is 0 Å². The lowest BCUT2D eigenvalue weighted by Crippen LogP contribution is -2.35. The van der Waals surface area contributed by atoms with Crippen LogP contribution in [-0.2, 0) is 0 Å². The van der Waals surface area contributed by atoms with Crippen molar-refractivity contribution < 1.29 is 9.18 Å². The molecule has 1 heterocycles. The van der Waals surface area contributed by atoms with Crippen molar-refractivity contribution in [3.63, 3.8) is 0 Å². The van der Waals surface area contributed by atoms with Crippen molar-refractivity contribution in [3.8, 4) is 0 Å². The number of carbonyl (C=O) groups excluding carboxylic acids is 1. The highest BCUT2D eigenvalue weighted by Crippen LogP contribution is 2.26. The first-order valence-electron chi connectivity index (χ1n) is 5.89. The quantitative estimate of drug-likeness (QED) is 0.817. The van der Waals surface area contributed by atoms with Gasteiger partial charge in [0.25, 0.3) is 5.91 Å². The predicted octanol–water partition coefficient (Wildman–Crippen LogP) is 3.60. The van der Waals surface area contributed by atoms with Crippen LogP contribution in [0.25, 0.3) is 0 Å². The molecule has 0 aliphatic carbocycles. The predicted molar refractivity (Wildman–Crippen MR) is 68.4 cm³/mol. The van der Waals surface area contributed by atoms with Crippen molar-refractivity contribution in [1.82, 2.24) is 4.90 Å². The summed E-state index contributed by atoms with van der Waals surface area (Å²) in [6.45, 7) is 2.86. The Morgan fingerprint density at radius 3 is 3.06 bits per heavy atom. The molecule has 2 nitrogen and oxygen atoms in total. The molecule has 1 aliphatic heterocycles. The number of benzene rings is 1. The number of rotatable bonds is 2. The van der Waals surface area contributed by atoms with E-state index >= 15 is 0 Å². The fourth-order valence-corrected chi connectivity index (χ4v) is 2.76. The lowest BCUT2D eigenvalue weighted by molar-refractivity contribution is 0.0732. The van der Waals surface area contributed by atoms with Gasteiger partial charge in [0, 0.05) is 17.1 Å². The van der Waals surface area contributed by atoms with E-state index in [1.54, 1.807) is 6.07 Å². The summed E-state index contributed by atoms with van der Waals surface area (Å²) in [7, 11) is 0. The number of carbonyl (C=O) groups is 1. The zero-order chi connectivity index (χ0) is 12.4. The molecule has 0 aromatic heterocycles. The molecule has 17 heavy (non-hydrogen) atoms. The monoisotopic (exact) mass is 299 g/mol. The van der Waals surface area contributed by atoms with E-state index in [0.717, 1.165) is 25.8 Å². The van der Waals surface area contributed by atoms with Gasteiger partial charge in [-0.25, -0.2) is 4.39 Å². The summed E-state index contributed by atoms with van der Waals surface area (Å²) in [5.74, 6) is -0.440. The highest BCUT2D eigenvalue weighted by Gasteiger charge is 2.29. The maximum Gasteiger partial charge on any atom is 0.255 e. The van der Waals surface area contributed by atoms with Crippen molar-refractivity contribution in [2.75, 3.05) is 6.54 Å². The number of halogens is 2. The molecular weight excluding hydrogens is 285 g/mol. The topological polar surface area (TPSA) is 20.3 Å².